The summed E-state index contributed by atoms with van der Waals surface area (Å²) < 4.78 is -0.00970. The average molecular weight is 233 g/mol. The third kappa shape index (κ3) is 2.32. The number of carbonyl (C=O) groups is 1. The van der Waals surface area contributed by atoms with Crippen LogP contribution in [0.1, 0.15) is 40.0 Å². The smallest absolute Gasteiger partial charge is 0.137 e. The molecule has 0 radical (unpaired) electrons. The molecule has 1 fully saturated rings. The molecule has 0 N–H and O–H groups in total. The first-order chi connectivity index (χ1) is 5.41. The molecule has 0 bridgehead atoms. The summed E-state index contributed by atoms with van der Waals surface area (Å²) in [7, 11) is 0. The molecule has 2 atom stereocenters. The number of hydrogen-bond acceptors (Lipinski definition) is 1. The van der Waals surface area contributed by atoms with Crippen molar-refractivity contribution in [3.05, 3.63) is 0 Å². The number of carbonyl (C=O) groups excluding carboxylic acids is 1. The molecule has 70 valence electrons. The maximum Gasteiger partial charge on any atom is 0.137 e. The molecular formula is C10H17BrO. The summed E-state index contributed by atoms with van der Waals surface area (Å²) in [6, 6.07) is 0. The Kier molecular flexibility index (Phi) is 2.97. The predicted molar refractivity (Wildman–Crippen MR) is 54.5 cm³/mol. The lowest BCUT2D eigenvalue weighted by atomic mass is 9.76. The molecule has 0 aromatic carbocycles. The van der Waals surface area contributed by atoms with Crippen molar-refractivity contribution in [1.29, 1.82) is 0 Å². The number of ketones is 1. The fourth-order valence-electron chi connectivity index (χ4n) is 1.93. The maximum atomic E-state index is 11.6. The SMILES string of the molecule is CC1CCC(C(C)(C)Br)C(=O)C1. The normalized spacial score (nSPS) is 32.2. The van der Waals surface area contributed by atoms with E-state index in [4.69, 9.17) is 0 Å². The van der Waals surface area contributed by atoms with Crippen LogP contribution in [-0.2, 0) is 4.79 Å². The van der Waals surface area contributed by atoms with Crippen LogP contribution in [0.25, 0.3) is 0 Å². The zero-order valence-electron chi connectivity index (χ0n) is 8.06. The van der Waals surface area contributed by atoms with E-state index in [0.717, 1.165) is 12.8 Å². The van der Waals surface area contributed by atoms with Crippen molar-refractivity contribution in [1.82, 2.24) is 0 Å². The van der Waals surface area contributed by atoms with Gasteiger partial charge in [0.05, 0.1) is 0 Å². The highest BCUT2D eigenvalue weighted by Crippen LogP contribution is 2.37. The van der Waals surface area contributed by atoms with E-state index in [9.17, 15) is 4.79 Å². The van der Waals surface area contributed by atoms with E-state index in [-0.39, 0.29) is 10.2 Å². The van der Waals surface area contributed by atoms with Crippen LogP contribution >= 0.6 is 15.9 Å². The highest BCUT2D eigenvalue weighted by Gasteiger charge is 2.35. The Morgan fingerprint density at radius 3 is 2.42 bits per heavy atom. The summed E-state index contributed by atoms with van der Waals surface area (Å²) in [5.41, 5.74) is 0. The number of halogens is 1. The Bertz CT molecular complexity index is 181. The maximum absolute atomic E-state index is 11.6. The van der Waals surface area contributed by atoms with Gasteiger partial charge in [-0.1, -0.05) is 22.9 Å². The number of alkyl halides is 1. The highest BCUT2D eigenvalue weighted by molar-refractivity contribution is 9.10. The lowest BCUT2D eigenvalue weighted by molar-refractivity contribution is -0.126. The van der Waals surface area contributed by atoms with Crippen molar-refractivity contribution < 1.29 is 4.79 Å². The summed E-state index contributed by atoms with van der Waals surface area (Å²) >= 11 is 3.58. The Balaban J connectivity index is 2.63. The molecule has 0 saturated heterocycles. The number of hydrogen-bond donors (Lipinski definition) is 0. The van der Waals surface area contributed by atoms with Crippen LogP contribution in [0.2, 0.25) is 0 Å². The van der Waals surface area contributed by atoms with Crippen LogP contribution in [0.5, 0.6) is 0 Å². The molecule has 0 amide bonds. The molecule has 12 heavy (non-hydrogen) atoms. The van der Waals surface area contributed by atoms with Crippen molar-refractivity contribution in [2.45, 2.75) is 44.4 Å². The van der Waals surface area contributed by atoms with Gasteiger partial charge in [-0.2, -0.15) is 0 Å². The van der Waals surface area contributed by atoms with Gasteiger partial charge >= 0.3 is 0 Å². The van der Waals surface area contributed by atoms with Gasteiger partial charge in [-0.3, -0.25) is 4.79 Å². The van der Waals surface area contributed by atoms with E-state index in [1.807, 2.05) is 0 Å². The van der Waals surface area contributed by atoms with Crippen LogP contribution in [0.3, 0.4) is 0 Å². The second kappa shape index (κ2) is 3.49. The number of rotatable bonds is 1. The monoisotopic (exact) mass is 232 g/mol. The standard InChI is InChI=1S/C10H17BrO/c1-7-4-5-8(9(12)6-7)10(2,3)11/h7-8H,4-6H2,1-3H3. The van der Waals surface area contributed by atoms with E-state index in [2.05, 4.69) is 36.7 Å². The van der Waals surface area contributed by atoms with Crippen molar-refractivity contribution >= 4 is 21.7 Å². The third-order valence-corrected chi connectivity index (χ3v) is 3.27. The minimum atomic E-state index is -0.00970. The third-order valence-electron chi connectivity index (χ3n) is 2.72. The predicted octanol–water partition coefficient (Wildman–Crippen LogP) is 3.17. The van der Waals surface area contributed by atoms with Crippen molar-refractivity contribution in [2.75, 3.05) is 0 Å². The lowest BCUT2D eigenvalue weighted by Crippen LogP contribution is -2.35. The van der Waals surface area contributed by atoms with Crippen LogP contribution in [0.15, 0.2) is 0 Å². The molecule has 1 saturated carbocycles. The molecule has 1 rings (SSSR count). The molecular weight excluding hydrogens is 216 g/mol. The zero-order chi connectivity index (χ0) is 9.35. The summed E-state index contributed by atoms with van der Waals surface area (Å²) in [6.45, 7) is 6.34. The Morgan fingerprint density at radius 1 is 1.42 bits per heavy atom. The summed E-state index contributed by atoms with van der Waals surface area (Å²) in [4.78, 5) is 11.6. The second-order valence-electron chi connectivity index (χ2n) is 4.47. The molecule has 1 aliphatic carbocycles. The minimum Gasteiger partial charge on any atom is -0.299 e. The highest BCUT2D eigenvalue weighted by atomic mass is 79.9. The van der Waals surface area contributed by atoms with E-state index in [1.165, 1.54) is 6.42 Å². The van der Waals surface area contributed by atoms with Gasteiger partial charge in [0.2, 0.25) is 0 Å². The molecule has 2 unspecified atom stereocenters. The van der Waals surface area contributed by atoms with E-state index in [1.54, 1.807) is 0 Å². The van der Waals surface area contributed by atoms with Crippen LogP contribution in [0.4, 0.5) is 0 Å². The van der Waals surface area contributed by atoms with E-state index in [0.29, 0.717) is 11.7 Å². The fourth-order valence-corrected chi connectivity index (χ4v) is 2.41. The lowest BCUT2D eigenvalue weighted by Gasteiger charge is -2.33. The first-order valence-electron chi connectivity index (χ1n) is 4.63. The van der Waals surface area contributed by atoms with Crippen LogP contribution < -0.4 is 0 Å². The first-order valence-corrected chi connectivity index (χ1v) is 5.42. The number of Topliss-reactive ketones (excluding diaryl/α,β-unsaturated/α-hetero) is 1. The summed E-state index contributed by atoms with van der Waals surface area (Å²) in [6.07, 6.45) is 3.03. The van der Waals surface area contributed by atoms with Gasteiger partial charge < -0.3 is 0 Å². The zero-order valence-corrected chi connectivity index (χ0v) is 9.65. The Labute approximate surface area is 83.0 Å². The van der Waals surface area contributed by atoms with E-state index < -0.39 is 0 Å². The molecule has 0 spiro atoms. The van der Waals surface area contributed by atoms with Gasteiger partial charge in [0.15, 0.2) is 0 Å². The quantitative estimate of drug-likeness (QED) is 0.636. The van der Waals surface area contributed by atoms with Gasteiger partial charge in [0, 0.05) is 16.7 Å². The topological polar surface area (TPSA) is 17.1 Å². The first kappa shape index (κ1) is 10.2. The van der Waals surface area contributed by atoms with Crippen LogP contribution in [-0.4, -0.2) is 10.1 Å². The largest absolute Gasteiger partial charge is 0.299 e. The summed E-state index contributed by atoms with van der Waals surface area (Å²) in [5.74, 6) is 1.27. The Hall–Kier alpha value is 0.150. The summed E-state index contributed by atoms with van der Waals surface area (Å²) in [5, 5.41) is 0. The van der Waals surface area contributed by atoms with Crippen LogP contribution in [0, 0.1) is 11.8 Å². The fraction of sp³-hybridized carbons (Fsp3) is 0.900. The molecule has 0 heterocycles. The van der Waals surface area contributed by atoms with Gasteiger partial charge in [0.1, 0.15) is 5.78 Å². The molecule has 1 aliphatic rings. The Morgan fingerprint density at radius 2 is 2.00 bits per heavy atom. The minimum absolute atomic E-state index is 0.00970. The van der Waals surface area contributed by atoms with Gasteiger partial charge in [0.25, 0.3) is 0 Å². The van der Waals surface area contributed by atoms with Gasteiger partial charge in [-0.15, -0.1) is 0 Å². The molecule has 1 nitrogen and oxygen atoms in total. The van der Waals surface area contributed by atoms with E-state index >= 15 is 0 Å². The molecule has 0 aromatic rings. The van der Waals surface area contributed by atoms with Crippen molar-refractivity contribution in [2.24, 2.45) is 11.8 Å². The molecule has 0 aromatic heterocycles. The van der Waals surface area contributed by atoms with Crippen molar-refractivity contribution in [3.63, 3.8) is 0 Å². The molecule has 2 heteroatoms. The second-order valence-corrected chi connectivity index (χ2v) is 6.51. The average Bonchev–Trinajstić information content (AvgIpc) is 1.83. The van der Waals surface area contributed by atoms with Crippen molar-refractivity contribution in [3.8, 4) is 0 Å². The van der Waals surface area contributed by atoms with Gasteiger partial charge in [-0.05, 0) is 32.6 Å². The molecule has 0 aliphatic heterocycles. The van der Waals surface area contributed by atoms with Gasteiger partial charge in [-0.25, -0.2) is 0 Å².